The SMILES string of the molecule is O=C1CCC(c2noc3cc4ccccc4cc23)C(=O)N1.[CH3-].[W]. The van der Waals surface area contributed by atoms with E-state index in [0.717, 1.165) is 16.2 Å². The molecule has 1 N–H and O–H groups in total. The van der Waals surface area contributed by atoms with Crippen molar-refractivity contribution >= 4 is 33.6 Å². The summed E-state index contributed by atoms with van der Waals surface area (Å²) in [5.74, 6) is -0.950. The van der Waals surface area contributed by atoms with E-state index in [2.05, 4.69) is 10.5 Å². The normalized spacial score (nSPS) is 17.5. The van der Waals surface area contributed by atoms with Crippen molar-refractivity contribution in [2.75, 3.05) is 0 Å². The fraction of sp³-hybridized carbons (Fsp3) is 0.176. The zero-order chi connectivity index (χ0) is 14.4. The Hall–Kier alpha value is -2.00. The van der Waals surface area contributed by atoms with Gasteiger partial charge in [-0.3, -0.25) is 14.9 Å². The van der Waals surface area contributed by atoms with E-state index in [1.807, 2.05) is 36.4 Å². The van der Waals surface area contributed by atoms with E-state index < -0.39 is 5.92 Å². The first-order valence-electron chi connectivity index (χ1n) is 6.84. The monoisotopic (exact) mass is 479 g/mol. The van der Waals surface area contributed by atoms with Crippen LogP contribution in [0.5, 0.6) is 0 Å². The van der Waals surface area contributed by atoms with Gasteiger partial charge in [0, 0.05) is 32.9 Å². The third-order valence-corrected chi connectivity index (χ3v) is 3.94. The summed E-state index contributed by atoms with van der Waals surface area (Å²) in [4.78, 5) is 23.2. The van der Waals surface area contributed by atoms with Crippen molar-refractivity contribution in [3.63, 3.8) is 0 Å². The number of nitrogens with one attached hydrogen (secondary N) is 1. The van der Waals surface area contributed by atoms with Crippen LogP contribution in [0.25, 0.3) is 21.7 Å². The number of piperidine rings is 1. The van der Waals surface area contributed by atoms with Gasteiger partial charge in [0.05, 0.1) is 5.92 Å². The average molecular weight is 479 g/mol. The molecule has 1 aliphatic heterocycles. The van der Waals surface area contributed by atoms with Crippen LogP contribution in [-0.4, -0.2) is 17.0 Å². The van der Waals surface area contributed by atoms with Gasteiger partial charge in [0.2, 0.25) is 11.8 Å². The quantitative estimate of drug-likeness (QED) is 0.431. The molecule has 0 spiro atoms. The summed E-state index contributed by atoms with van der Waals surface area (Å²) in [7, 11) is 0. The van der Waals surface area contributed by atoms with Crippen molar-refractivity contribution in [1.82, 2.24) is 10.5 Å². The Morgan fingerprint density at radius 1 is 1.13 bits per heavy atom. The number of carbonyl (C=O) groups excluding carboxylic acids is 2. The fourth-order valence-electron chi connectivity index (χ4n) is 2.85. The molecule has 1 fully saturated rings. The first-order valence-corrected chi connectivity index (χ1v) is 6.84. The Morgan fingerprint density at radius 3 is 2.52 bits per heavy atom. The molecule has 2 amide bonds. The molecule has 1 aliphatic rings. The first-order chi connectivity index (χ1) is 10.2. The molecular weight excluding hydrogens is 464 g/mol. The van der Waals surface area contributed by atoms with Gasteiger partial charge in [-0.15, -0.1) is 0 Å². The van der Waals surface area contributed by atoms with E-state index in [-0.39, 0.29) is 40.3 Å². The topological polar surface area (TPSA) is 72.2 Å². The summed E-state index contributed by atoms with van der Waals surface area (Å²) >= 11 is 0. The Balaban J connectivity index is 0.000000960. The van der Waals surface area contributed by atoms with E-state index in [4.69, 9.17) is 4.52 Å². The number of imide groups is 1. The van der Waals surface area contributed by atoms with E-state index >= 15 is 0 Å². The predicted octanol–water partition coefficient (Wildman–Crippen LogP) is 2.95. The molecule has 2 heterocycles. The zero-order valence-corrected chi connectivity index (χ0v) is 15.5. The van der Waals surface area contributed by atoms with Gasteiger partial charge in [-0.05, 0) is 29.3 Å². The Kier molecular flexibility index (Phi) is 5.00. The van der Waals surface area contributed by atoms with Gasteiger partial charge in [-0.2, -0.15) is 0 Å². The minimum absolute atomic E-state index is 0. The van der Waals surface area contributed by atoms with Crippen molar-refractivity contribution < 1.29 is 35.2 Å². The molecule has 118 valence electrons. The third-order valence-electron chi connectivity index (χ3n) is 3.94. The summed E-state index contributed by atoms with van der Waals surface area (Å²) in [5.41, 5.74) is 1.27. The van der Waals surface area contributed by atoms with Crippen molar-refractivity contribution in [3.05, 3.63) is 49.5 Å². The molecule has 1 saturated heterocycles. The maximum atomic E-state index is 12.0. The van der Waals surface area contributed by atoms with Crippen molar-refractivity contribution in [2.45, 2.75) is 18.8 Å². The van der Waals surface area contributed by atoms with Crippen LogP contribution < -0.4 is 5.32 Å². The van der Waals surface area contributed by atoms with Gasteiger partial charge < -0.3 is 11.9 Å². The van der Waals surface area contributed by atoms with E-state index in [0.29, 0.717) is 24.1 Å². The minimum Gasteiger partial charge on any atom is -0.358 e. The molecule has 0 bridgehead atoms. The van der Waals surface area contributed by atoms with Gasteiger partial charge in [-0.1, -0.05) is 29.4 Å². The molecular formula is C17H15N2O3W-. The van der Waals surface area contributed by atoms with Crippen LogP contribution in [0.15, 0.2) is 40.9 Å². The number of nitrogens with zero attached hydrogens (tertiary/aromatic N) is 1. The van der Waals surface area contributed by atoms with Crippen molar-refractivity contribution in [1.29, 1.82) is 0 Å². The van der Waals surface area contributed by atoms with E-state index in [1.54, 1.807) is 0 Å². The zero-order valence-electron chi connectivity index (χ0n) is 12.5. The predicted molar refractivity (Wildman–Crippen MR) is 83.1 cm³/mol. The van der Waals surface area contributed by atoms with E-state index in [1.165, 1.54) is 0 Å². The number of aromatic nitrogens is 1. The summed E-state index contributed by atoms with van der Waals surface area (Å²) in [6.45, 7) is 0. The van der Waals surface area contributed by atoms with Crippen molar-refractivity contribution in [2.24, 2.45) is 0 Å². The van der Waals surface area contributed by atoms with Crippen LogP contribution in [0, 0.1) is 7.43 Å². The number of rotatable bonds is 1. The van der Waals surface area contributed by atoms with Crippen LogP contribution in [0.3, 0.4) is 0 Å². The largest absolute Gasteiger partial charge is 0.358 e. The number of amides is 2. The number of fused-ring (bicyclic) bond motifs is 2. The van der Waals surface area contributed by atoms with Crippen LogP contribution in [0.1, 0.15) is 24.5 Å². The first kappa shape index (κ1) is 17.4. The summed E-state index contributed by atoms with van der Waals surface area (Å²) < 4.78 is 5.37. The Morgan fingerprint density at radius 2 is 1.83 bits per heavy atom. The molecule has 0 saturated carbocycles. The van der Waals surface area contributed by atoms with Crippen LogP contribution in [0.4, 0.5) is 0 Å². The molecule has 3 aromatic rings. The molecule has 4 rings (SSSR count). The summed E-state index contributed by atoms with van der Waals surface area (Å²) in [6, 6.07) is 11.9. The second-order valence-electron chi connectivity index (χ2n) is 5.27. The molecule has 1 atom stereocenters. The van der Waals surface area contributed by atoms with Gasteiger partial charge in [-0.25, -0.2) is 0 Å². The molecule has 6 heteroatoms. The Bertz CT molecular complexity index is 888. The van der Waals surface area contributed by atoms with Gasteiger partial charge in [0.1, 0.15) is 5.69 Å². The molecule has 0 aliphatic carbocycles. The summed E-state index contributed by atoms with van der Waals surface area (Å²) in [5, 5.41) is 9.40. The molecule has 5 nitrogen and oxygen atoms in total. The number of hydrogen-bond acceptors (Lipinski definition) is 4. The second-order valence-corrected chi connectivity index (χ2v) is 5.27. The van der Waals surface area contributed by atoms with Crippen LogP contribution >= 0.6 is 0 Å². The van der Waals surface area contributed by atoms with Crippen LogP contribution in [-0.2, 0) is 30.7 Å². The van der Waals surface area contributed by atoms with Gasteiger partial charge in [0.25, 0.3) is 0 Å². The standard InChI is InChI=1S/C16H12N2O3.CH3.W/c19-14-6-5-11(16(20)17-14)15-12-7-9-3-1-2-4-10(9)8-13(12)21-18-15;;/h1-4,7-8,11H,5-6H2,(H,17,19,20);1H3;/q;-1;. The number of carbonyl (C=O) groups is 2. The maximum Gasteiger partial charge on any atom is 0.235 e. The average Bonchev–Trinajstić information content (AvgIpc) is 2.88. The molecule has 2 aromatic carbocycles. The third kappa shape index (κ3) is 2.93. The molecule has 1 aromatic heterocycles. The maximum absolute atomic E-state index is 12.0. The molecule has 0 radical (unpaired) electrons. The van der Waals surface area contributed by atoms with E-state index in [9.17, 15) is 9.59 Å². The number of benzene rings is 2. The minimum atomic E-state index is -0.426. The second kappa shape index (κ2) is 6.63. The van der Waals surface area contributed by atoms with Gasteiger partial charge >= 0.3 is 0 Å². The molecule has 1 unspecified atom stereocenters. The summed E-state index contributed by atoms with van der Waals surface area (Å²) in [6.07, 6.45) is 0.803. The van der Waals surface area contributed by atoms with Gasteiger partial charge in [0.15, 0.2) is 5.58 Å². The van der Waals surface area contributed by atoms with Crippen molar-refractivity contribution in [3.8, 4) is 0 Å². The Labute approximate surface area is 147 Å². The number of hydrogen-bond donors (Lipinski definition) is 1. The molecule has 23 heavy (non-hydrogen) atoms. The fourth-order valence-corrected chi connectivity index (χ4v) is 2.85. The smallest absolute Gasteiger partial charge is 0.235 e. The van der Waals surface area contributed by atoms with Crippen LogP contribution in [0.2, 0.25) is 0 Å².